The highest BCUT2D eigenvalue weighted by atomic mass is 16.5. The van der Waals surface area contributed by atoms with Crippen LogP contribution in [0.1, 0.15) is 11.1 Å². The molecule has 0 unspecified atom stereocenters. The molecule has 4 nitrogen and oxygen atoms in total. The number of methoxy groups -OCH3 is 1. The van der Waals surface area contributed by atoms with Crippen molar-refractivity contribution in [3.63, 3.8) is 0 Å². The van der Waals surface area contributed by atoms with Crippen LogP contribution in [0.15, 0.2) is 35.3 Å². The van der Waals surface area contributed by atoms with E-state index in [-0.39, 0.29) is 5.84 Å². The van der Waals surface area contributed by atoms with Gasteiger partial charge in [0.15, 0.2) is 5.84 Å². The molecule has 3 rings (SSSR count). The van der Waals surface area contributed by atoms with Crippen molar-refractivity contribution in [3.8, 4) is 5.75 Å². The molecule has 0 radical (unpaired) electrons. The van der Waals surface area contributed by atoms with Gasteiger partial charge in [0.25, 0.3) is 0 Å². The van der Waals surface area contributed by atoms with E-state index in [4.69, 9.17) is 15.9 Å². The highest BCUT2D eigenvalue weighted by molar-refractivity contribution is 6.22. The number of fused-ring (bicyclic) bond motifs is 2. The van der Waals surface area contributed by atoms with Crippen molar-refractivity contribution in [2.24, 2.45) is 10.7 Å². The Kier molecular flexibility index (Phi) is 1.92. The van der Waals surface area contributed by atoms with Crippen LogP contribution in [0.5, 0.6) is 5.75 Å². The Morgan fingerprint density at radius 2 is 2.06 bits per heavy atom. The van der Waals surface area contributed by atoms with Gasteiger partial charge >= 0.3 is 0 Å². The summed E-state index contributed by atoms with van der Waals surface area (Å²) in [7, 11) is 1.64. The SMILES string of the molecule is COc1cccc2cc3c(cc12)C(N)=NC3=N. The van der Waals surface area contributed by atoms with Crippen molar-refractivity contribution in [1.82, 2.24) is 0 Å². The number of benzene rings is 2. The van der Waals surface area contributed by atoms with Gasteiger partial charge in [-0.1, -0.05) is 12.1 Å². The maximum absolute atomic E-state index is 7.74. The molecule has 0 amide bonds. The molecule has 0 spiro atoms. The first-order chi connectivity index (χ1) is 8.20. The maximum Gasteiger partial charge on any atom is 0.154 e. The molecule has 0 aliphatic carbocycles. The lowest BCUT2D eigenvalue weighted by Gasteiger charge is -2.07. The van der Waals surface area contributed by atoms with Gasteiger partial charge in [0.05, 0.1) is 7.11 Å². The van der Waals surface area contributed by atoms with Crippen molar-refractivity contribution in [1.29, 1.82) is 5.41 Å². The van der Waals surface area contributed by atoms with E-state index >= 15 is 0 Å². The predicted octanol–water partition coefficient (Wildman–Crippen LogP) is 1.89. The molecule has 17 heavy (non-hydrogen) atoms. The summed E-state index contributed by atoms with van der Waals surface area (Å²) < 4.78 is 5.31. The lowest BCUT2D eigenvalue weighted by Crippen LogP contribution is -2.10. The monoisotopic (exact) mass is 225 g/mol. The summed E-state index contributed by atoms with van der Waals surface area (Å²) >= 11 is 0. The maximum atomic E-state index is 7.74. The molecule has 2 aromatic rings. The van der Waals surface area contributed by atoms with Crippen molar-refractivity contribution < 1.29 is 4.74 Å². The summed E-state index contributed by atoms with van der Waals surface area (Å²) in [4.78, 5) is 3.97. The first-order valence-corrected chi connectivity index (χ1v) is 5.25. The Morgan fingerprint density at radius 1 is 1.24 bits per heavy atom. The smallest absolute Gasteiger partial charge is 0.154 e. The fourth-order valence-corrected chi connectivity index (χ4v) is 2.12. The third-order valence-corrected chi connectivity index (χ3v) is 2.96. The Labute approximate surface area is 98.2 Å². The summed E-state index contributed by atoms with van der Waals surface area (Å²) in [6, 6.07) is 9.68. The van der Waals surface area contributed by atoms with E-state index < -0.39 is 0 Å². The van der Waals surface area contributed by atoms with Crippen LogP contribution < -0.4 is 10.5 Å². The molecule has 1 aliphatic heterocycles. The first kappa shape index (κ1) is 9.84. The summed E-state index contributed by atoms with van der Waals surface area (Å²) in [5, 5.41) is 9.75. The van der Waals surface area contributed by atoms with Gasteiger partial charge in [0.1, 0.15) is 11.6 Å². The predicted molar refractivity (Wildman–Crippen MR) is 68.1 cm³/mol. The second kappa shape index (κ2) is 3.31. The molecule has 1 heterocycles. The molecule has 1 aliphatic rings. The highest BCUT2D eigenvalue weighted by Crippen LogP contribution is 2.30. The van der Waals surface area contributed by atoms with Crippen LogP contribution in [0.2, 0.25) is 0 Å². The van der Waals surface area contributed by atoms with E-state index in [0.29, 0.717) is 5.84 Å². The fraction of sp³-hybridized carbons (Fsp3) is 0.0769. The average molecular weight is 225 g/mol. The number of hydrogen-bond donors (Lipinski definition) is 2. The van der Waals surface area contributed by atoms with E-state index in [1.807, 2.05) is 30.3 Å². The average Bonchev–Trinajstić information content (AvgIpc) is 2.62. The van der Waals surface area contributed by atoms with E-state index in [9.17, 15) is 0 Å². The van der Waals surface area contributed by atoms with Crippen LogP contribution in [0.4, 0.5) is 0 Å². The number of ether oxygens (including phenoxy) is 1. The van der Waals surface area contributed by atoms with Gasteiger partial charge in [0, 0.05) is 16.5 Å². The summed E-state index contributed by atoms with van der Waals surface area (Å²) in [6.45, 7) is 0. The van der Waals surface area contributed by atoms with Crippen LogP contribution in [-0.2, 0) is 0 Å². The molecule has 0 bridgehead atoms. The molecule has 0 aromatic heterocycles. The topological polar surface area (TPSA) is 71.5 Å². The Bertz CT molecular complexity index is 674. The normalized spacial score (nSPS) is 13.7. The Morgan fingerprint density at radius 3 is 2.82 bits per heavy atom. The lowest BCUT2D eigenvalue weighted by molar-refractivity contribution is 0.420. The molecule has 84 valence electrons. The Hall–Kier alpha value is -2.36. The van der Waals surface area contributed by atoms with Gasteiger partial charge in [-0.2, -0.15) is 0 Å². The largest absolute Gasteiger partial charge is 0.496 e. The zero-order chi connectivity index (χ0) is 12.0. The van der Waals surface area contributed by atoms with E-state index in [1.54, 1.807) is 7.11 Å². The minimum Gasteiger partial charge on any atom is -0.496 e. The first-order valence-electron chi connectivity index (χ1n) is 5.25. The number of nitrogens with one attached hydrogen (secondary N) is 1. The second-order valence-electron chi connectivity index (χ2n) is 3.92. The quantitative estimate of drug-likeness (QED) is 0.778. The van der Waals surface area contributed by atoms with Crippen LogP contribution in [0.3, 0.4) is 0 Å². The number of hydrogen-bond acceptors (Lipinski definition) is 3. The third-order valence-electron chi connectivity index (χ3n) is 2.96. The van der Waals surface area contributed by atoms with Crippen molar-refractivity contribution in [3.05, 3.63) is 41.5 Å². The van der Waals surface area contributed by atoms with Crippen molar-refractivity contribution >= 4 is 22.4 Å². The van der Waals surface area contributed by atoms with Gasteiger partial charge in [-0.05, 0) is 23.6 Å². The van der Waals surface area contributed by atoms with Crippen molar-refractivity contribution in [2.45, 2.75) is 0 Å². The number of aliphatic imine (C=N–C) groups is 1. The molecule has 0 fully saturated rings. The summed E-state index contributed by atoms with van der Waals surface area (Å²) in [6.07, 6.45) is 0. The van der Waals surface area contributed by atoms with Gasteiger partial charge < -0.3 is 10.5 Å². The number of nitrogens with zero attached hydrogens (tertiary/aromatic N) is 1. The second-order valence-corrected chi connectivity index (χ2v) is 3.92. The van der Waals surface area contributed by atoms with Gasteiger partial charge in [-0.25, -0.2) is 4.99 Å². The van der Waals surface area contributed by atoms with Crippen LogP contribution >= 0.6 is 0 Å². The summed E-state index contributed by atoms with van der Waals surface area (Å²) in [5.74, 6) is 1.43. The molecular weight excluding hydrogens is 214 g/mol. The zero-order valence-electron chi connectivity index (χ0n) is 9.32. The van der Waals surface area contributed by atoms with E-state index in [2.05, 4.69) is 4.99 Å². The van der Waals surface area contributed by atoms with Crippen LogP contribution in [-0.4, -0.2) is 18.8 Å². The highest BCUT2D eigenvalue weighted by Gasteiger charge is 2.19. The molecule has 0 atom stereocenters. The minimum atomic E-state index is 0.224. The zero-order valence-corrected chi connectivity index (χ0v) is 9.32. The van der Waals surface area contributed by atoms with Gasteiger partial charge in [0.2, 0.25) is 0 Å². The summed E-state index contributed by atoms with van der Waals surface area (Å²) in [5.41, 5.74) is 7.38. The van der Waals surface area contributed by atoms with E-state index in [1.165, 1.54) is 0 Å². The minimum absolute atomic E-state index is 0.224. The molecule has 0 saturated heterocycles. The Balaban J connectivity index is 2.38. The van der Waals surface area contributed by atoms with Crippen LogP contribution in [0.25, 0.3) is 10.8 Å². The number of rotatable bonds is 1. The van der Waals surface area contributed by atoms with Crippen LogP contribution in [0, 0.1) is 5.41 Å². The molecular formula is C13H11N3O. The third kappa shape index (κ3) is 1.30. The molecule has 0 saturated carbocycles. The molecule has 2 aromatic carbocycles. The fourth-order valence-electron chi connectivity index (χ4n) is 2.12. The lowest BCUT2D eigenvalue weighted by atomic mass is 10.0. The van der Waals surface area contributed by atoms with Crippen molar-refractivity contribution in [2.75, 3.05) is 7.11 Å². The standard InChI is InChI=1S/C13H11N3O/c1-17-11-4-2-3-7-5-9-10(6-8(7)11)13(15)16-12(9)14/h2-6H,1H3,(H3,14,15,16). The number of nitrogens with two attached hydrogens (primary N) is 1. The van der Waals surface area contributed by atoms with Gasteiger partial charge in [-0.3, -0.25) is 5.41 Å². The number of amidine groups is 2. The molecule has 4 heteroatoms. The van der Waals surface area contributed by atoms with E-state index in [0.717, 1.165) is 27.6 Å². The molecule has 3 N–H and O–H groups in total. The van der Waals surface area contributed by atoms with Gasteiger partial charge in [-0.15, -0.1) is 0 Å².